The largest absolute Gasteiger partial charge is 0.443 e. The van der Waals surface area contributed by atoms with E-state index in [0.717, 1.165) is 17.7 Å². The lowest BCUT2D eigenvalue weighted by molar-refractivity contribution is 0.0584. The van der Waals surface area contributed by atoms with E-state index in [2.05, 4.69) is 0 Å². The van der Waals surface area contributed by atoms with E-state index in [0.29, 0.717) is 11.6 Å². The van der Waals surface area contributed by atoms with Crippen LogP contribution < -0.4 is 4.90 Å². The molecule has 0 N–H and O–H groups in total. The van der Waals surface area contributed by atoms with Crippen molar-refractivity contribution in [3.63, 3.8) is 0 Å². The Hall–Kier alpha value is -1.22. The number of hydrogen-bond acceptors (Lipinski definition) is 2. The fraction of sp³-hybridized carbons (Fsp3) is 0.462. The molecule has 0 aliphatic carbocycles. The van der Waals surface area contributed by atoms with Gasteiger partial charge in [0, 0.05) is 11.6 Å². The number of rotatable bonds is 0. The standard InChI is InChI=1S/C13H16ClNO2/c1-13(2,3)17-12(16)15-7-6-9-4-5-10(14)8-11(9)15/h4-5,8H,6-7H2,1-3H3. The van der Waals surface area contributed by atoms with Gasteiger partial charge in [-0.1, -0.05) is 17.7 Å². The number of nitrogens with zero attached hydrogens (tertiary/aromatic N) is 1. The van der Waals surface area contributed by atoms with Crippen LogP contribution in [0.3, 0.4) is 0 Å². The molecule has 0 atom stereocenters. The number of fused-ring (bicyclic) bond motifs is 1. The summed E-state index contributed by atoms with van der Waals surface area (Å²) in [5.74, 6) is 0. The third kappa shape index (κ3) is 2.72. The molecule has 0 aromatic heterocycles. The summed E-state index contributed by atoms with van der Waals surface area (Å²) in [6, 6.07) is 5.62. The molecule has 1 amide bonds. The molecule has 3 nitrogen and oxygen atoms in total. The number of amides is 1. The van der Waals surface area contributed by atoms with Crippen molar-refractivity contribution in [2.75, 3.05) is 11.4 Å². The van der Waals surface area contributed by atoms with Crippen molar-refractivity contribution in [3.8, 4) is 0 Å². The maximum atomic E-state index is 12.0. The zero-order chi connectivity index (χ0) is 12.6. The van der Waals surface area contributed by atoms with E-state index >= 15 is 0 Å². The normalized spacial score (nSPS) is 14.7. The Bertz CT molecular complexity index is 451. The summed E-state index contributed by atoms with van der Waals surface area (Å²) in [6.07, 6.45) is 0.546. The van der Waals surface area contributed by atoms with E-state index in [1.807, 2.05) is 39.0 Å². The maximum absolute atomic E-state index is 12.0. The summed E-state index contributed by atoms with van der Waals surface area (Å²) in [7, 11) is 0. The first kappa shape index (κ1) is 12.2. The van der Waals surface area contributed by atoms with Crippen molar-refractivity contribution in [2.45, 2.75) is 32.8 Å². The van der Waals surface area contributed by atoms with Crippen molar-refractivity contribution < 1.29 is 9.53 Å². The Morgan fingerprint density at radius 2 is 2.12 bits per heavy atom. The summed E-state index contributed by atoms with van der Waals surface area (Å²) in [6.45, 7) is 6.24. The molecular formula is C13H16ClNO2. The Morgan fingerprint density at radius 1 is 1.41 bits per heavy atom. The van der Waals surface area contributed by atoms with Crippen LogP contribution in [0.4, 0.5) is 10.5 Å². The number of carbonyl (C=O) groups excluding carboxylic acids is 1. The van der Waals surface area contributed by atoms with E-state index in [1.54, 1.807) is 4.90 Å². The van der Waals surface area contributed by atoms with Crippen LogP contribution in [0.2, 0.25) is 5.02 Å². The highest BCUT2D eigenvalue weighted by Crippen LogP contribution is 2.31. The van der Waals surface area contributed by atoms with Crippen LogP contribution >= 0.6 is 11.6 Å². The zero-order valence-electron chi connectivity index (χ0n) is 10.3. The third-order valence-electron chi connectivity index (χ3n) is 2.56. The Labute approximate surface area is 106 Å². The molecule has 17 heavy (non-hydrogen) atoms. The summed E-state index contributed by atoms with van der Waals surface area (Å²) >= 11 is 5.95. The minimum atomic E-state index is -0.474. The molecule has 0 saturated heterocycles. The SMILES string of the molecule is CC(C)(C)OC(=O)N1CCc2ccc(Cl)cc21. The summed E-state index contributed by atoms with van der Waals surface area (Å²) < 4.78 is 5.36. The predicted octanol–water partition coefficient (Wildman–Crippen LogP) is 3.64. The van der Waals surface area contributed by atoms with Gasteiger partial charge in [-0.25, -0.2) is 4.79 Å². The highest BCUT2D eigenvalue weighted by Gasteiger charge is 2.28. The second-order valence-corrected chi connectivity index (χ2v) is 5.59. The number of carbonyl (C=O) groups is 1. The Kier molecular flexibility index (Phi) is 3.04. The molecule has 0 radical (unpaired) electrons. The van der Waals surface area contributed by atoms with Gasteiger partial charge in [-0.15, -0.1) is 0 Å². The van der Waals surface area contributed by atoms with Gasteiger partial charge in [0.05, 0.1) is 5.69 Å². The van der Waals surface area contributed by atoms with Gasteiger partial charge in [-0.05, 0) is 44.9 Å². The van der Waals surface area contributed by atoms with Gasteiger partial charge in [-0.3, -0.25) is 4.90 Å². The van der Waals surface area contributed by atoms with Gasteiger partial charge in [-0.2, -0.15) is 0 Å². The minimum Gasteiger partial charge on any atom is -0.443 e. The number of benzene rings is 1. The molecule has 0 unspecified atom stereocenters. The van der Waals surface area contributed by atoms with Crippen LogP contribution in [0.5, 0.6) is 0 Å². The molecule has 0 spiro atoms. The molecule has 1 heterocycles. The van der Waals surface area contributed by atoms with Gasteiger partial charge < -0.3 is 4.74 Å². The summed E-state index contributed by atoms with van der Waals surface area (Å²) in [4.78, 5) is 13.6. The van der Waals surface area contributed by atoms with Gasteiger partial charge in [0.25, 0.3) is 0 Å². The fourth-order valence-electron chi connectivity index (χ4n) is 1.86. The summed E-state index contributed by atoms with van der Waals surface area (Å²) in [5.41, 5.74) is 1.53. The highest BCUT2D eigenvalue weighted by atomic mass is 35.5. The van der Waals surface area contributed by atoms with Crippen molar-refractivity contribution in [3.05, 3.63) is 28.8 Å². The van der Waals surface area contributed by atoms with Crippen molar-refractivity contribution in [1.82, 2.24) is 0 Å². The van der Waals surface area contributed by atoms with Gasteiger partial charge in [0.15, 0.2) is 0 Å². The van der Waals surface area contributed by atoms with Crippen LogP contribution in [-0.2, 0) is 11.2 Å². The lowest BCUT2D eigenvalue weighted by atomic mass is 10.2. The number of anilines is 1. The summed E-state index contributed by atoms with van der Waals surface area (Å²) in [5, 5.41) is 0.638. The molecule has 0 bridgehead atoms. The van der Waals surface area contributed by atoms with E-state index in [1.165, 1.54) is 0 Å². The van der Waals surface area contributed by atoms with Gasteiger partial charge in [0.2, 0.25) is 0 Å². The number of ether oxygens (including phenoxy) is 1. The molecular weight excluding hydrogens is 238 g/mol. The second-order valence-electron chi connectivity index (χ2n) is 5.16. The van der Waals surface area contributed by atoms with E-state index in [9.17, 15) is 4.79 Å². The van der Waals surface area contributed by atoms with Crippen molar-refractivity contribution in [1.29, 1.82) is 0 Å². The average molecular weight is 254 g/mol. The topological polar surface area (TPSA) is 29.5 Å². The second kappa shape index (κ2) is 4.22. The van der Waals surface area contributed by atoms with Crippen LogP contribution in [0.1, 0.15) is 26.3 Å². The van der Waals surface area contributed by atoms with Crippen LogP contribution in [-0.4, -0.2) is 18.2 Å². The molecule has 1 aromatic carbocycles. The first-order valence-electron chi connectivity index (χ1n) is 5.66. The molecule has 92 valence electrons. The maximum Gasteiger partial charge on any atom is 0.414 e. The van der Waals surface area contributed by atoms with Gasteiger partial charge in [0.1, 0.15) is 5.60 Å². The Balaban J connectivity index is 2.22. The number of hydrogen-bond donors (Lipinski definition) is 0. The quantitative estimate of drug-likeness (QED) is 0.707. The lowest BCUT2D eigenvalue weighted by Crippen LogP contribution is -2.35. The molecule has 1 aliphatic rings. The molecule has 0 fully saturated rings. The lowest BCUT2D eigenvalue weighted by Gasteiger charge is -2.24. The fourth-order valence-corrected chi connectivity index (χ4v) is 2.03. The third-order valence-corrected chi connectivity index (χ3v) is 2.79. The molecule has 0 saturated carbocycles. The monoisotopic (exact) mass is 253 g/mol. The molecule has 4 heteroatoms. The van der Waals surface area contributed by atoms with Crippen LogP contribution in [0.15, 0.2) is 18.2 Å². The Morgan fingerprint density at radius 3 is 2.76 bits per heavy atom. The zero-order valence-corrected chi connectivity index (χ0v) is 11.0. The highest BCUT2D eigenvalue weighted by molar-refractivity contribution is 6.31. The van der Waals surface area contributed by atoms with E-state index in [-0.39, 0.29) is 6.09 Å². The first-order valence-corrected chi connectivity index (χ1v) is 6.03. The van der Waals surface area contributed by atoms with E-state index in [4.69, 9.17) is 16.3 Å². The molecule has 1 aromatic rings. The van der Waals surface area contributed by atoms with E-state index < -0.39 is 5.60 Å². The van der Waals surface area contributed by atoms with Crippen LogP contribution in [0, 0.1) is 0 Å². The smallest absolute Gasteiger partial charge is 0.414 e. The average Bonchev–Trinajstić information content (AvgIpc) is 2.57. The van der Waals surface area contributed by atoms with Crippen molar-refractivity contribution in [2.24, 2.45) is 0 Å². The predicted molar refractivity (Wildman–Crippen MR) is 68.7 cm³/mol. The molecule has 1 aliphatic heterocycles. The van der Waals surface area contributed by atoms with Crippen molar-refractivity contribution >= 4 is 23.4 Å². The molecule has 2 rings (SSSR count). The minimum absolute atomic E-state index is 0.307. The number of halogens is 1. The van der Waals surface area contributed by atoms with Crippen LogP contribution in [0.25, 0.3) is 0 Å². The van der Waals surface area contributed by atoms with Gasteiger partial charge >= 0.3 is 6.09 Å². The first-order chi connectivity index (χ1) is 7.87.